The third-order valence-corrected chi connectivity index (χ3v) is 7.01. The number of imidazole rings is 1. The number of fused-ring (bicyclic) bond motifs is 1. The number of aryl methyl sites for hydroxylation is 1. The van der Waals surface area contributed by atoms with E-state index in [-0.39, 0.29) is 5.78 Å². The van der Waals surface area contributed by atoms with Gasteiger partial charge in [-0.25, -0.2) is 9.97 Å². The summed E-state index contributed by atoms with van der Waals surface area (Å²) >= 11 is 0. The van der Waals surface area contributed by atoms with Crippen LogP contribution >= 0.6 is 0 Å². The number of anilines is 1. The highest BCUT2D eigenvalue weighted by Gasteiger charge is 2.25. The van der Waals surface area contributed by atoms with Crippen molar-refractivity contribution in [2.45, 2.75) is 32.1 Å². The number of rotatable bonds is 10. The first-order valence-electron chi connectivity index (χ1n) is 13.1. The van der Waals surface area contributed by atoms with Gasteiger partial charge >= 0.3 is 0 Å². The number of hydrogen-bond acceptors (Lipinski definition) is 4. The van der Waals surface area contributed by atoms with Crippen LogP contribution in [-0.4, -0.2) is 26.7 Å². The molecule has 0 saturated heterocycles. The fourth-order valence-corrected chi connectivity index (χ4v) is 4.74. The maximum atomic E-state index is 12.5. The molecule has 0 amide bonds. The zero-order chi connectivity index (χ0) is 25.0. The number of carbonyl (C=O) groups is 1. The monoisotopic (exact) mass is 486 g/mol. The van der Waals surface area contributed by atoms with Gasteiger partial charge in [0.15, 0.2) is 17.2 Å². The van der Waals surface area contributed by atoms with Gasteiger partial charge in [0.1, 0.15) is 0 Å². The van der Waals surface area contributed by atoms with Crippen LogP contribution in [0.2, 0.25) is 0 Å². The van der Waals surface area contributed by atoms with E-state index in [2.05, 4.69) is 46.1 Å². The Bertz CT molecular complexity index is 1500. The summed E-state index contributed by atoms with van der Waals surface area (Å²) in [4.78, 5) is 22.2. The molecule has 2 heterocycles. The number of carbonyl (C=O) groups excluding carboxylic acids is 1. The van der Waals surface area contributed by atoms with Crippen LogP contribution in [0.3, 0.4) is 0 Å². The number of nitrogens with zero attached hydrogens (tertiary/aromatic N) is 3. The Hall–Kier alpha value is -4.25. The molecule has 1 aliphatic carbocycles. The molecule has 0 unspecified atom stereocenters. The smallest absolute Gasteiger partial charge is 0.180 e. The lowest BCUT2D eigenvalue weighted by Gasteiger charge is -2.12. The Balaban J connectivity index is 1.29. The van der Waals surface area contributed by atoms with E-state index >= 15 is 0 Å². The summed E-state index contributed by atoms with van der Waals surface area (Å²) in [6.45, 7) is 0.801. The van der Waals surface area contributed by atoms with Crippen molar-refractivity contribution >= 4 is 17.2 Å². The molecule has 0 spiro atoms. The van der Waals surface area contributed by atoms with Crippen molar-refractivity contribution in [1.82, 2.24) is 14.4 Å². The van der Waals surface area contributed by atoms with E-state index in [9.17, 15) is 4.79 Å². The summed E-state index contributed by atoms with van der Waals surface area (Å²) in [5.74, 6) is 1.61. The van der Waals surface area contributed by atoms with Crippen LogP contribution in [0.15, 0.2) is 97.3 Å². The van der Waals surface area contributed by atoms with Crippen molar-refractivity contribution in [2.24, 2.45) is 5.92 Å². The number of aromatic nitrogens is 3. The van der Waals surface area contributed by atoms with Crippen molar-refractivity contribution in [3.05, 3.63) is 108 Å². The molecule has 5 aromatic rings. The molecule has 0 atom stereocenters. The maximum absolute atomic E-state index is 12.5. The average Bonchev–Trinajstić information content (AvgIpc) is 3.66. The second-order valence-corrected chi connectivity index (χ2v) is 9.84. The Morgan fingerprint density at radius 3 is 2.35 bits per heavy atom. The van der Waals surface area contributed by atoms with Gasteiger partial charge in [0, 0.05) is 35.9 Å². The summed E-state index contributed by atoms with van der Waals surface area (Å²) in [5, 5.41) is 3.54. The van der Waals surface area contributed by atoms with Gasteiger partial charge < -0.3 is 5.32 Å². The highest BCUT2D eigenvalue weighted by molar-refractivity contribution is 5.96. The van der Waals surface area contributed by atoms with Gasteiger partial charge in [-0.1, -0.05) is 84.9 Å². The molecule has 1 aliphatic rings. The van der Waals surface area contributed by atoms with Crippen LogP contribution in [-0.2, 0) is 6.42 Å². The third-order valence-electron chi connectivity index (χ3n) is 7.01. The molecule has 1 saturated carbocycles. The van der Waals surface area contributed by atoms with Gasteiger partial charge in [-0.2, -0.15) is 0 Å². The number of benzene rings is 3. The maximum Gasteiger partial charge on any atom is 0.180 e. The lowest BCUT2D eigenvalue weighted by molar-refractivity contribution is 0.0976. The lowest BCUT2D eigenvalue weighted by Crippen LogP contribution is -2.08. The van der Waals surface area contributed by atoms with Gasteiger partial charge in [-0.05, 0) is 37.2 Å². The van der Waals surface area contributed by atoms with E-state index in [0.29, 0.717) is 12.3 Å². The predicted octanol–water partition coefficient (Wildman–Crippen LogP) is 7.09. The van der Waals surface area contributed by atoms with Crippen molar-refractivity contribution < 1.29 is 4.79 Å². The molecular weight excluding hydrogens is 456 g/mol. The molecule has 5 nitrogen and oxygen atoms in total. The van der Waals surface area contributed by atoms with Crippen LogP contribution in [0.1, 0.15) is 41.6 Å². The minimum atomic E-state index is 0.241. The summed E-state index contributed by atoms with van der Waals surface area (Å²) in [6, 6.07) is 28.7. The minimum absolute atomic E-state index is 0.241. The molecule has 3 aromatic carbocycles. The first kappa shape index (κ1) is 23.2. The Morgan fingerprint density at radius 2 is 1.62 bits per heavy atom. The molecule has 1 N–H and O–H groups in total. The van der Waals surface area contributed by atoms with E-state index in [1.165, 1.54) is 18.4 Å². The van der Waals surface area contributed by atoms with Crippen molar-refractivity contribution in [3.8, 4) is 22.5 Å². The fourth-order valence-electron chi connectivity index (χ4n) is 4.74. The topological polar surface area (TPSA) is 59.3 Å². The summed E-state index contributed by atoms with van der Waals surface area (Å²) < 4.78 is 2.11. The molecular formula is C32H30N4O. The molecule has 0 aliphatic heterocycles. The van der Waals surface area contributed by atoms with E-state index in [0.717, 1.165) is 58.9 Å². The van der Waals surface area contributed by atoms with Gasteiger partial charge in [0.2, 0.25) is 0 Å². The lowest BCUT2D eigenvalue weighted by atomic mass is 10.0. The first-order valence-corrected chi connectivity index (χ1v) is 13.1. The Labute approximate surface area is 217 Å². The van der Waals surface area contributed by atoms with Crippen LogP contribution in [0.25, 0.3) is 28.2 Å². The fraction of sp³-hybridized carbons (Fsp3) is 0.219. The van der Waals surface area contributed by atoms with Gasteiger partial charge in [-0.15, -0.1) is 0 Å². The predicted molar refractivity (Wildman–Crippen MR) is 149 cm³/mol. The molecule has 37 heavy (non-hydrogen) atoms. The number of nitrogens with one attached hydrogen (secondary N) is 1. The molecule has 5 heteroatoms. The second-order valence-electron chi connectivity index (χ2n) is 9.84. The Morgan fingerprint density at radius 1 is 0.892 bits per heavy atom. The van der Waals surface area contributed by atoms with E-state index in [4.69, 9.17) is 9.97 Å². The van der Waals surface area contributed by atoms with E-state index < -0.39 is 0 Å². The third kappa shape index (κ3) is 5.31. The van der Waals surface area contributed by atoms with Gasteiger partial charge in [-0.3, -0.25) is 9.20 Å². The minimum Gasteiger partial charge on any atom is -0.367 e. The molecule has 0 bridgehead atoms. The molecule has 1 fully saturated rings. The highest BCUT2D eigenvalue weighted by Crippen LogP contribution is 2.34. The summed E-state index contributed by atoms with van der Waals surface area (Å²) in [6.07, 6.45) is 8.99. The van der Waals surface area contributed by atoms with Crippen LogP contribution in [0.4, 0.5) is 5.82 Å². The largest absolute Gasteiger partial charge is 0.367 e. The van der Waals surface area contributed by atoms with Crippen LogP contribution in [0, 0.1) is 5.92 Å². The quantitative estimate of drug-likeness (QED) is 0.169. The molecule has 0 radical (unpaired) electrons. The van der Waals surface area contributed by atoms with E-state index in [1.54, 1.807) is 0 Å². The Kier molecular flexibility index (Phi) is 6.51. The van der Waals surface area contributed by atoms with Crippen molar-refractivity contribution in [2.75, 3.05) is 11.9 Å². The normalized spacial score (nSPS) is 13.1. The van der Waals surface area contributed by atoms with Crippen molar-refractivity contribution in [3.63, 3.8) is 0 Å². The second kappa shape index (κ2) is 10.4. The van der Waals surface area contributed by atoms with Gasteiger partial charge in [0.05, 0.1) is 17.6 Å². The van der Waals surface area contributed by atoms with Gasteiger partial charge in [0.25, 0.3) is 0 Å². The van der Waals surface area contributed by atoms with Crippen LogP contribution < -0.4 is 5.32 Å². The summed E-state index contributed by atoms with van der Waals surface area (Å²) in [7, 11) is 0. The molecule has 184 valence electrons. The zero-order valence-electron chi connectivity index (χ0n) is 20.8. The SMILES string of the molecule is O=C(CC1CC1)c1ccc(-c2cnc3c(NCCCc4ccccc4)nc(-c4ccccc4)cn23)cc1. The van der Waals surface area contributed by atoms with Crippen molar-refractivity contribution in [1.29, 1.82) is 0 Å². The van der Waals surface area contributed by atoms with Crippen LogP contribution in [0.5, 0.6) is 0 Å². The average molecular weight is 487 g/mol. The summed E-state index contributed by atoms with van der Waals surface area (Å²) in [5.41, 5.74) is 6.85. The zero-order valence-corrected chi connectivity index (χ0v) is 20.8. The molecule has 6 rings (SSSR count). The highest BCUT2D eigenvalue weighted by atomic mass is 16.1. The first-order chi connectivity index (χ1) is 18.2. The standard InChI is InChI=1S/C32H30N4O/c37-30(20-24-13-14-24)27-17-15-26(16-18-27)29-21-34-32-31(33-19-7-10-23-8-3-1-4-9-23)35-28(22-36(29)32)25-11-5-2-6-12-25/h1-6,8-9,11-12,15-18,21-22,24H,7,10,13-14,19-20H2,(H,33,35). The number of ketones is 1. The number of Topliss-reactive ketones (excluding diaryl/α,β-unsaturated/α-hetero) is 1. The van der Waals surface area contributed by atoms with E-state index in [1.807, 2.05) is 60.9 Å². The molecule has 2 aromatic heterocycles. The number of hydrogen-bond donors (Lipinski definition) is 1.